The summed E-state index contributed by atoms with van der Waals surface area (Å²) in [5, 5.41) is 6.46. The lowest BCUT2D eigenvalue weighted by molar-refractivity contribution is 0.0660. The summed E-state index contributed by atoms with van der Waals surface area (Å²) in [6, 6.07) is 3.97. The lowest BCUT2D eigenvalue weighted by Crippen LogP contribution is -2.22. The summed E-state index contributed by atoms with van der Waals surface area (Å²) < 4.78 is 9.03. The van der Waals surface area contributed by atoms with E-state index in [0.717, 1.165) is 64.4 Å². The summed E-state index contributed by atoms with van der Waals surface area (Å²) in [7, 11) is 5.51. The van der Waals surface area contributed by atoms with Gasteiger partial charge in [0.1, 0.15) is 5.65 Å². The molecule has 4 aromatic rings. The van der Waals surface area contributed by atoms with E-state index in [1.54, 1.807) is 16.4 Å². The van der Waals surface area contributed by atoms with E-state index in [4.69, 9.17) is 4.74 Å². The molecule has 1 aliphatic rings. The Hall–Kier alpha value is -2.93. The summed E-state index contributed by atoms with van der Waals surface area (Å²) in [6.07, 6.45) is 10.1. The number of methoxy groups -OCH3 is 1. The molecule has 0 saturated heterocycles. The van der Waals surface area contributed by atoms with Crippen LogP contribution in [0.25, 0.3) is 33.2 Å². The number of aryl methyl sites for hydroxylation is 2. The first-order chi connectivity index (χ1) is 14.0. The molecule has 7 nitrogen and oxygen atoms in total. The van der Waals surface area contributed by atoms with Gasteiger partial charge in [-0.05, 0) is 43.2 Å². The van der Waals surface area contributed by atoms with Gasteiger partial charge in [-0.15, -0.1) is 0 Å². The number of rotatable bonds is 3. The first-order valence-electron chi connectivity index (χ1n) is 10.1. The maximum atomic E-state index is 12.7. The summed E-state index contributed by atoms with van der Waals surface area (Å²) in [4.78, 5) is 20.7. The minimum Gasteiger partial charge on any atom is -0.381 e. The molecular weight excluding hydrogens is 366 g/mol. The van der Waals surface area contributed by atoms with Gasteiger partial charge in [0.15, 0.2) is 0 Å². The number of hydrogen-bond acceptors (Lipinski definition) is 4. The van der Waals surface area contributed by atoms with Crippen molar-refractivity contribution >= 4 is 21.9 Å². The molecule has 4 aromatic heterocycles. The highest BCUT2D eigenvalue weighted by Gasteiger charge is 2.25. The zero-order valence-corrected chi connectivity index (χ0v) is 17.0. The highest BCUT2D eigenvalue weighted by Crippen LogP contribution is 2.39. The third kappa shape index (κ3) is 2.97. The lowest BCUT2D eigenvalue weighted by Gasteiger charge is -2.28. The predicted octanol–water partition coefficient (Wildman–Crippen LogP) is 3.49. The van der Waals surface area contributed by atoms with Crippen molar-refractivity contribution in [3.63, 3.8) is 0 Å². The van der Waals surface area contributed by atoms with E-state index >= 15 is 0 Å². The zero-order chi connectivity index (χ0) is 20.1. The lowest BCUT2D eigenvalue weighted by atomic mass is 9.81. The van der Waals surface area contributed by atoms with Gasteiger partial charge in [-0.25, -0.2) is 4.98 Å². The van der Waals surface area contributed by atoms with Gasteiger partial charge in [0.05, 0.1) is 29.7 Å². The van der Waals surface area contributed by atoms with Crippen LogP contribution in [0.15, 0.2) is 35.5 Å². The fourth-order valence-corrected chi connectivity index (χ4v) is 4.69. The Morgan fingerprint density at radius 3 is 2.62 bits per heavy atom. The van der Waals surface area contributed by atoms with Crippen LogP contribution in [0.3, 0.4) is 0 Å². The molecule has 4 heterocycles. The van der Waals surface area contributed by atoms with Gasteiger partial charge in [-0.1, -0.05) is 0 Å². The molecule has 0 atom stereocenters. The molecule has 0 radical (unpaired) electrons. The molecule has 0 aliphatic heterocycles. The van der Waals surface area contributed by atoms with Crippen LogP contribution in [-0.4, -0.2) is 37.5 Å². The summed E-state index contributed by atoms with van der Waals surface area (Å²) in [5.41, 5.74) is 4.88. The second kappa shape index (κ2) is 6.84. The van der Waals surface area contributed by atoms with Crippen LogP contribution in [-0.2, 0) is 18.8 Å². The van der Waals surface area contributed by atoms with E-state index in [1.807, 2.05) is 38.8 Å². The quantitative estimate of drug-likeness (QED) is 0.580. The molecule has 0 aromatic carbocycles. The van der Waals surface area contributed by atoms with Gasteiger partial charge in [-0.2, -0.15) is 5.10 Å². The second-order valence-electron chi connectivity index (χ2n) is 8.07. The highest BCUT2D eigenvalue weighted by molar-refractivity contribution is 6.07. The normalized spacial score (nSPS) is 20.0. The summed E-state index contributed by atoms with van der Waals surface area (Å²) in [6.45, 7) is 0. The van der Waals surface area contributed by atoms with Crippen LogP contribution < -0.4 is 5.56 Å². The topological polar surface area (TPSA) is 77.7 Å². The van der Waals surface area contributed by atoms with Gasteiger partial charge in [0.25, 0.3) is 5.56 Å². The molecule has 29 heavy (non-hydrogen) atoms. The van der Waals surface area contributed by atoms with Gasteiger partial charge in [0.2, 0.25) is 0 Å². The van der Waals surface area contributed by atoms with E-state index in [2.05, 4.69) is 21.1 Å². The van der Waals surface area contributed by atoms with Crippen molar-refractivity contribution in [3.8, 4) is 11.3 Å². The van der Waals surface area contributed by atoms with Crippen molar-refractivity contribution in [3.05, 3.63) is 46.6 Å². The Morgan fingerprint density at radius 1 is 1.14 bits per heavy atom. The summed E-state index contributed by atoms with van der Waals surface area (Å²) in [5.74, 6) is 0.361. The predicted molar refractivity (Wildman–Crippen MR) is 113 cm³/mol. The molecule has 150 valence electrons. The molecule has 1 aliphatic carbocycles. The average molecular weight is 391 g/mol. The van der Waals surface area contributed by atoms with Gasteiger partial charge in [-0.3, -0.25) is 9.48 Å². The minimum atomic E-state index is 0.0190. The molecule has 0 spiro atoms. The van der Waals surface area contributed by atoms with Crippen LogP contribution in [0, 0.1) is 0 Å². The van der Waals surface area contributed by atoms with E-state index in [9.17, 15) is 4.79 Å². The number of nitrogens with one attached hydrogen (secondary N) is 1. The largest absolute Gasteiger partial charge is 0.381 e. The van der Waals surface area contributed by atoms with E-state index in [0.29, 0.717) is 12.0 Å². The Labute approximate surface area is 168 Å². The molecule has 1 N–H and O–H groups in total. The molecule has 1 fully saturated rings. The summed E-state index contributed by atoms with van der Waals surface area (Å²) >= 11 is 0. The van der Waals surface area contributed by atoms with Crippen molar-refractivity contribution in [1.82, 2.24) is 24.3 Å². The van der Waals surface area contributed by atoms with Gasteiger partial charge >= 0.3 is 0 Å². The van der Waals surface area contributed by atoms with Crippen LogP contribution in [0.4, 0.5) is 0 Å². The second-order valence-corrected chi connectivity index (χ2v) is 8.07. The van der Waals surface area contributed by atoms with Crippen molar-refractivity contribution in [2.75, 3.05) is 7.11 Å². The van der Waals surface area contributed by atoms with E-state index in [-0.39, 0.29) is 5.56 Å². The molecule has 5 rings (SSSR count). The van der Waals surface area contributed by atoms with Crippen LogP contribution >= 0.6 is 0 Å². The maximum absolute atomic E-state index is 12.7. The minimum absolute atomic E-state index is 0.0190. The Bertz CT molecular complexity index is 1260. The monoisotopic (exact) mass is 391 g/mol. The third-order valence-corrected chi connectivity index (χ3v) is 6.36. The first-order valence-corrected chi connectivity index (χ1v) is 10.1. The highest BCUT2D eigenvalue weighted by atomic mass is 16.5. The Balaban J connectivity index is 1.72. The Morgan fingerprint density at radius 2 is 1.93 bits per heavy atom. The van der Waals surface area contributed by atoms with Crippen LogP contribution in [0.5, 0.6) is 0 Å². The number of fused-ring (bicyclic) bond motifs is 3. The first kappa shape index (κ1) is 18.1. The van der Waals surface area contributed by atoms with Gasteiger partial charge in [0, 0.05) is 49.8 Å². The average Bonchev–Trinajstić information content (AvgIpc) is 3.36. The number of pyridine rings is 2. The molecule has 7 heteroatoms. The third-order valence-electron chi connectivity index (χ3n) is 6.36. The van der Waals surface area contributed by atoms with E-state index < -0.39 is 0 Å². The number of hydrogen-bond donors (Lipinski definition) is 1. The van der Waals surface area contributed by atoms with Crippen molar-refractivity contribution in [1.29, 1.82) is 0 Å². The fourth-order valence-electron chi connectivity index (χ4n) is 4.69. The van der Waals surface area contributed by atoms with Crippen molar-refractivity contribution in [2.24, 2.45) is 14.1 Å². The number of ether oxygens (including phenoxy) is 1. The molecular formula is C22H25N5O2. The standard InChI is InChI=1S/C22H25N5O2/c1-26-12-14(10-24-26)18-8-17-21-16(13-4-6-15(29-3)7-5-13)9-20(28)27(2)19(21)11-23-22(17)25-18/h8-13,15H,4-7H2,1-3H3,(H,23,25). The number of H-pyrrole nitrogens is 1. The fraction of sp³-hybridized carbons (Fsp3) is 0.409. The molecule has 0 unspecified atom stereocenters. The van der Waals surface area contributed by atoms with Crippen LogP contribution in [0.1, 0.15) is 37.2 Å². The molecule has 0 bridgehead atoms. The van der Waals surface area contributed by atoms with Crippen molar-refractivity contribution < 1.29 is 4.74 Å². The zero-order valence-electron chi connectivity index (χ0n) is 17.0. The molecule has 1 saturated carbocycles. The van der Waals surface area contributed by atoms with Crippen LogP contribution in [0.2, 0.25) is 0 Å². The van der Waals surface area contributed by atoms with Gasteiger partial charge < -0.3 is 14.3 Å². The number of aromatic amines is 1. The number of aromatic nitrogens is 5. The number of nitrogens with zero attached hydrogens (tertiary/aromatic N) is 4. The maximum Gasteiger partial charge on any atom is 0.251 e. The van der Waals surface area contributed by atoms with E-state index in [1.165, 1.54) is 0 Å². The molecule has 0 amide bonds. The SMILES string of the molecule is COC1CCC(c2cc(=O)n(C)c3cnc4[nH]c(-c5cnn(C)c5)cc4c23)CC1. The smallest absolute Gasteiger partial charge is 0.251 e. The van der Waals surface area contributed by atoms with Crippen molar-refractivity contribution in [2.45, 2.75) is 37.7 Å². The Kier molecular flexibility index (Phi) is 4.28.